The highest BCUT2D eigenvalue weighted by molar-refractivity contribution is 6.21. The molecule has 0 aliphatic carbocycles. The molecular formula is C56H78O10. The van der Waals surface area contributed by atoms with Gasteiger partial charge in [-0.3, -0.25) is 0 Å². The fourth-order valence-corrected chi connectivity index (χ4v) is 8.17. The Bertz CT molecular complexity index is 2130. The Morgan fingerprint density at radius 2 is 0.803 bits per heavy atom. The molecule has 0 radical (unpaired) electrons. The van der Waals surface area contributed by atoms with Crippen molar-refractivity contribution in [3.63, 3.8) is 0 Å². The van der Waals surface area contributed by atoms with Gasteiger partial charge in [0, 0.05) is 0 Å². The van der Waals surface area contributed by atoms with E-state index in [9.17, 15) is 0 Å². The number of rotatable bonds is 36. The van der Waals surface area contributed by atoms with Gasteiger partial charge in [-0.2, -0.15) is 0 Å². The number of unbranched alkanes of at least 4 members (excludes halogenated alkanes) is 8. The number of hydrogen-bond acceptors (Lipinski definition) is 10. The van der Waals surface area contributed by atoms with Crippen LogP contribution in [-0.4, -0.2) is 103 Å². The first-order valence-electron chi connectivity index (χ1n) is 24.7. The van der Waals surface area contributed by atoms with Gasteiger partial charge in [0.25, 0.3) is 0 Å². The second-order valence-corrected chi connectivity index (χ2v) is 17.0. The molecule has 0 aromatic heterocycles. The average Bonchev–Trinajstić information content (AvgIpc) is 3.32. The fraction of sp³-hybridized carbons (Fsp3) is 0.536. The Balaban J connectivity index is 1.54. The average molecular weight is 911 g/mol. The van der Waals surface area contributed by atoms with Gasteiger partial charge in [-0.15, -0.1) is 0 Å². The molecule has 0 unspecified atom stereocenters. The quantitative estimate of drug-likeness (QED) is 0.0297. The summed E-state index contributed by atoms with van der Waals surface area (Å²) < 4.78 is 47.7. The molecular weight excluding hydrogens is 833 g/mol. The van der Waals surface area contributed by atoms with Gasteiger partial charge in [0.05, 0.1) is 106 Å². The minimum Gasteiger partial charge on any atom is -0.490 e. The zero-order valence-corrected chi connectivity index (χ0v) is 40.5. The zero-order chi connectivity index (χ0) is 46.6. The summed E-state index contributed by atoms with van der Waals surface area (Å²) in [4.78, 5) is 0. The summed E-state index contributed by atoms with van der Waals surface area (Å²) in [6, 6.07) is 26.8. The molecule has 0 heterocycles. The highest BCUT2D eigenvalue weighted by Gasteiger charge is 2.21. The van der Waals surface area contributed by atoms with Crippen molar-refractivity contribution in [2.45, 2.75) is 105 Å². The maximum absolute atomic E-state index is 8.99. The molecule has 0 saturated carbocycles. The largest absolute Gasteiger partial charge is 0.490 e. The van der Waals surface area contributed by atoms with Crippen molar-refractivity contribution >= 4 is 21.5 Å². The van der Waals surface area contributed by atoms with E-state index in [2.05, 4.69) is 100 Å². The van der Waals surface area contributed by atoms with Gasteiger partial charge in [-0.1, -0.05) is 131 Å². The maximum atomic E-state index is 8.99. The van der Waals surface area contributed by atoms with Crippen molar-refractivity contribution in [2.24, 2.45) is 0 Å². The maximum Gasteiger partial charge on any atom is 0.161 e. The van der Waals surface area contributed by atoms with Crippen LogP contribution in [0.15, 0.2) is 72.8 Å². The van der Waals surface area contributed by atoms with Crippen LogP contribution >= 0.6 is 0 Å². The fourth-order valence-electron chi connectivity index (χ4n) is 8.17. The summed E-state index contributed by atoms with van der Waals surface area (Å²) in [6.07, 6.45) is 11.7. The van der Waals surface area contributed by atoms with Crippen LogP contribution in [0.2, 0.25) is 0 Å². The molecule has 0 aliphatic rings. The third kappa shape index (κ3) is 17.2. The third-order valence-electron chi connectivity index (χ3n) is 11.6. The molecule has 5 aromatic rings. The summed E-state index contributed by atoms with van der Waals surface area (Å²) in [5.74, 6) is 1.59. The third-order valence-corrected chi connectivity index (χ3v) is 11.6. The number of aliphatic hydroxyl groups is 2. The molecule has 10 nitrogen and oxygen atoms in total. The van der Waals surface area contributed by atoms with Crippen molar-refractivity contribution in [1.82, 2.24) is 0 Å². The molecule has 0 aliphatic heterocycles. The van der Waals surface area contributed by atoms with E-state index in [1.54, 1.807) is 0 Å². The number of ether oxygens (including phenoxy) is 8. The summed E-state index contributed by atoms with van der Waals surface area (Å²) in [7, 11) is 0. The SMILES string of the molecule is CCCCCCCOc1ccc(-c2c(-c3ccc(COCCOCCOCCO)c(COCCOCCOCCO)c3)c3cc(C)ccc3c3ccc(C)cc23)cc1OCCCCCCC. The topological polar surface area (TPSA) is 114 Å². The molecule has 5 aromatic carbocycles. The molecule has 0 spiro atoms. The van der Waals surface area contributed by atoms with Crippen LogP contribution in [0.4, 0.5) is 0 Å². The smallest absolute Gasteiger partial charge is 0.161 e. The van der Waals surface area contributed by atoms with Crippen LogP contribution < -0.4 is 9.47 Å². The molecule has 2 N–H and O–H groups in total. The zero-order valence-electron chi connectivity index (χ0n) is 40.5. The van der Waals surface area contributed by atoms with E-state index in [4.69, 9.17) is 48.1 Å². The number of hydrogen-bond donors (Lipinski definition) is 2. The van der Waals surface area contributed by atoms with Crippen molar-refractivity contribution in [1.29, 1.82) is 0 Å². The molecule has 10 heteroatoms. The number of aliphatic hydroxyl groups excluding tert-OH is 2. The lowest BCUT2D eigenvalue weighted by atomic mass is 9.83. The van der Waals surface area contributed by atoms with Crippen molar-refractivity contribution < 1.29 is 48.1 Å². The molecule has 0 saturated heterocycles. The van der Waals surface area contributed by atoms with Crippen LogP contribution in [0.5, 0.6) is 11.5 Å². The monoisotopic (exact) mass is 911 g/mol. The lowest BCUT2D eigenvalue weighted by Crippen LogP contribution is -2.12. The van der Waals surface area contributed by atoms with Crippen LogP contribution in [0.25, 0.3) is 43.8 Å². The lowest BCUT2D eigenvalue weighted by Gasteiger charge is -2.22. The molecule has 5 rings (SSSR count). The first-order chi connectivity index (χ1) is 32.5. The molecule has 0 amide bonds. The Labute approximate surface area is 394 Å². The van der Waals surface area contributed by atoms with Crippen LogP contribution in [0.1, 0.15) is 100 Å². The number of benzene rings is 5. The summed E-state index contributed by atoms with van der Waals surface area (Å²) in [6.45, 7) is 14.9. The Hall–Kier alpha value is -4.10. The van der Waals surface area contributed by atoms with Crippen LogP contribution in [-0.2, 0) is 41.6 Å². The van der Waals surface area contributed by atoms with E-state index in [1.165, 1.54) is 71.2 Å². The summed E-state index contributed by atoms with van der Waals surface area (Å²) >= 11 is 0. The van der Waals surface area contributed by atoms with Gasteiger partial charge in [0.2, 0.25) is 0 Å². The summed E-state index contributed by atoms with van der Waals surface area (Å²) in [5.41, 5.74) is 8.91. The van der Waals surface area contributed by atoms with Crippen molar-refractivity contribution in [3.05, 3.63) is 95.1 Å². The van der Waals surface area contributed by atoms with Crippen molar-refractivity contribution in [2.75, 3.05) is 92.5 Å². The Morgan fingerprint density at radius 3 is 1.32 bits per heavy atom. The van der Waals surface area contributed by atoms with Gasteiger partial charge in [-0.05, 0) is 99.8 Å². The van der Waals surface area contributed by atoms with E-state index >= 15 is 0 Å². The highest BCUT2D eigenvalue weighted by atomic mass is 16.6. The molecule has 0 atom stereocenters. The second kappa shape index (κ2) is 31.0. The molecule has 362 valence electrons. The first kappa shape index (κ1) is 52.9. The predicted molar refractivity (Wildman–Crippen MR) is 267 cm³/mol. The number of fused-ring (bicyclic) bond motifs is 3. The van der Waals surface area contributed by atoms with E-state index in [-0.39, 0.29) is 13.2 Å². The van der Waals surface area contributed by atoms with Gasteiger partial charge in [0.1, 0.15) is 0 Å². The van der Waals surface area contributed by atoms with E-state index in [0.717, 1.165) is 70.6 Å². The second-order valence-electron chi connectivity index (χ2n) is 17.0. The normalized spacial score (nSPS) is 11.6. The van der Waals surface area contributed by atoms with Crippen LogP contribution in [0, 0.1) is 13.8 Å². The minimum atomic E-state index is -0.00731. The predicted octanol–water partition coefficient (Wildman–Crippen LogP) is 11.7. The number of aryl methyl sites for hydroxylation is 2. The Kier molecular flexibility index (Phi) is 24.9. The van der Waals surface area contributed by atoms with Gasteiger partial charge < -0.3 is 48.1 Å². The van der Waals surface area contributed by atoms with E-state index in [0.29, 0.717) is 92.5 Å². The minimum absolute atomic E-state index is 0.00382. The lowest BCUT2D eigenvalue weighted by molar-refractivity contribution is 0.00162. The van der Waals surface area contributed by atoms with E-state index < -0.39 is 0 Å². The Morgan fingerprint density at radius 1 is 0.364 bits per heavy atom. The van der Waals surface area contributed by atoms with Gasteiger partial charge in [0.15, 0.2) is 11.5 Å². The standard InChI is InChI=1S/C56H78O10/c1-5-7-9-11-13-25-65-53-22-19-46(40-54(53)66-26-14-12-10-8-6-2)56-52-38-44(4)16-21-50(52)49-20-15-43(3)37-51(49)55(56)45-17-18-47(41-63-35-33-61-31-29-59-27-23-57)48(39-45)42-64-36-34-62-32-30-60-28-24-58/h15-22,37-40,57-58H,5-14,23-36,41-42H2,1-4H3. The molecule has 66 heavy (non-hydrogen) atoms. The highest BCUT2D eigenvalue weighted by Crippen LogP contribution is 2.47. The van der Waals surface area contributed by atoms with Crippen LogP contribution in [0.3, 0.4) is 0 Å². The van der Waals surface area contributed by atoms with Crippen molar-refractivity contribution in [3.8, 4) is 33.8 Å². The summed E-state index contributed by atoms with van der Waals surface area (Å²) in [5, 5.41) is 22.7. The molecule has 0 fully saturated rings. The van der Waals surface area contributed by atoms with E-state index in [1.807, 2.05) is 0 Å². The molecule has 0 bridgehead atoms. The van der Waals surface area contributed by atoms with Gasteiger partial charge in [-0.25, -0.2) is 0 Å². The first-order valence-corrected chi connectivity index (χ1v) is 24.7. The van der Waals surface area contributed by atoms with Gasteiger partial charge >= 0.3 is 0 Å².